The highest BCUT2D eigenvalue weighted by Gasteiger charge is 2.25. The molecule has 1 aromatic carbocycles. The molecule has 3 aromatic rings. The molecular formula is C20H20N4O2. The summed E-state index contributed by atoms with van der Waals surface area (Å²) in [5.41, 5.74) is 0.671. The number of carbonyl (C=O) groups excluding carboxylic acids is 1. The number of likely N-dealkylation sites (tertiary alicyclic amines) is 1. The number of ether oxygens (including phenoxy) is 1. The molecule has 1 fully saturated rings. The van der Waals surface area contributed by atoms with E-state index in [1.807, 2.05) is 58.2 Å². The van der Waals surface area contributed by atoms with Crippen molar-refractivity contribution in [2.45, 2.75) is 18.9 Å². The molecule has 3 heterocycles. The molecule has 4 rings (SSSR count). The van der Waals surface area contributed by atoms with Crippen LogP contribution in [0.1, 0.15) is 29.2 Å². The van der Waals surface area contributed by atoms with E-state index in [2.05, 4.69) is 10.1 Å². The van der Waals surface area contributed by atoms with E-state index in [1.54, 1.807) is 18.6 Å². The Morgan fingerprint density at radius 1 is 1.08 bits per heavy atom. The van der Waals surface area contributed by atoms with Gasteiger partial charge in [-0.2, -0.15) is 5.10 Å². The van der Waals surface area contributed by atoms with Crippen LogP contribution in [0.2, 0.25) is 0 Å². The molecule has 6 nitrogen and oxygen atoms in total. The Labute approximate surface area is 152 Å². The van der Waals surface area contributed by atoms with Gasteiger partial charge in [-0.1, -0.05) is 0 Å². The van der Waals surface area contributed by atoms with Crippen LogP contribution >= 0.6 is 0 Å². The zero-order chi connectivity index (χ0) is 17.8. The Balaban J connectivity index is 1.43. The van der Waals surface area contributed by atoms with Gasteiger partial charge in [0, 0.05) is 37.2 Å². The third kappa shape index (κ3) is 3.59. The molecule has 1 aliphatic rings. The average Bonchev–Trinajstić information content (AvgIpc) is 3.24. The Hall–Kier alpha value is -3.15. The molecule has 1 unspecified atom stereocenters. The van der Waals surface area contributed by atoms with Crippen LogP contribution in [0.15, 0.2) is 67.3 Å². The summed E-state index contributed by atoms with van der Waals surface area (Å²) in [5, 5.41) is 4.31. The van der Waals surface area contributed by atoms with Gasteiger partial charge in [0.15, 0.2) is 0 Å². The normalized spacial score (nSPS) is 17.1. The number of hydrogen-bond donors (Lipinski definition) is 0. The van der Waals surface area contributed by atoms with E-state index in [-0.39, 0.29) is 11.9 Å². The molecule has 132 valence electrons. The smallest absolute Gasteiger partial charge is 0.253 e. The van der Waals surface area contributed by atoms with Crippen LogP contribution in [-0.4, -0.2) is 38.7 Å². The van der Waals surface area contributed by atoms with Gasteiger partial charge >= 0.3 is 0 Å². The highest BCUT2D eigenvalue weighted by atomic mass is 16.5. The number of nitrogens with zero attached hydrogens (tertiary/aromatic N) is 4. The lowest BCUT2D eigenvalue weighted by atomic mass is 10.0. The van der Waals surface area contributed by atoms with Crippen molar-refractivity contribution in [2.75, 3.05) is 13.1 Å². The van der Waals surface area contributed by atoms with E-state index in [1.165, 1.54) is 0 Å². The number of piperidine rings is 1. The molecule has 1 saturated heterocycles. The van der Waals surface area contributed by atoms with Gasteiger partial charge in [-0.25, -0.2) is 0 Å². The van der Waals surface area contributed by atoms with Crippen LogP contribution in [0, 0.1) is 0 Å². The Kier molecular flexibility index (Phi) is 4.64. The molecule has 0 N–H and O–H groups in total. The first-order valence-corrected chi connectivity index (χ1v) is 8.76. The summed E-state index contributed by atoms with van der Waals surface area (Å²) >= 11 is 0. The predicted octanol–water partition coefficient (Wildman–Crippen LogP) is 3.55. The second kappa shape index (κ2) is 7.39. The van der Waals surface area contributed by atoms with Crippen molar-refractivity contribution in [2.24, 2.45) is 0 Å². The molecule has 1 aliphatic heterocycles. The van der Waals surface area contributed by atoms with Crippen LogP contribution < -0.4 is 4.74 Å². The van der Waals surface area contributed by atoms with Crippen molar-refractivity contribution in [3.05, 3.63) is 72.8 Å². The van der Waals surface area contributed by atoms with Gasteiger partial charge in [-0.15, -0.1) is 0 Å². The summed E-state index contributed by atoms with van der Waals surface area (Å²) in [4.78, 5) is 18.8. The third-order valence-corrected chi connectivity index (χ3v) is 4.55. The van der Waals surface area contributed by atoms with Crippen molar-refractivity contribution in [3.8, 4) is 11.5 Å². The molecule has 1 amide bonds. The van der Waals surface area contributed by atoms with Crippen molar-refractivity contribution >= 4 is 5.91 Å². The van der Waals surface area contributed by atoms with Crippen LogP contribution in [-0.2, 0) is 0 Å². The van der Waals surface area contributed by atoms with Crippen LogP contribution in [0.3, 0.4) is 0 Å². The molecular weight excluding hydrogens is 328 g/mol. The van der Waals surface area contributed by atoms with Crippen molar-refractivity contribution in [1.29, 1.82) is 0 Å². The molecule has 0 radical (unpaired) electrons. The minimum atomic E-state index is 0.0507. The van der Waals surface area contributed by atoms with Gasteiger partial charge in [-0.05, 0) is 55.3 Å². The van der Waals surface area contributed by atoms with Gasteiger partial charge in [0.1, 0.15) is 11.5 Å². The second-order valence-corrected chi connectivity index (χ2v) is 6.35. The van der Waals surface area contributed by atoms with Crippen molar-refractivity contribution in [1.82, 2.24) is 19.7 Å². The van der Waals surface area contributed by atoms with E-state index >= 15 is 0 Å². The quantitative estimate of drug-likeness (QED) is 0.723. The van der Waals surface area contributed by atoms with E-state index < -0.39 is 0 Å². The molecule has 0 spiro atoms. The number of pyridine rings is 1. The summed E-state index contributed by atoms with van der Waals surface area (Å²) in [5.74, 6) is 1.40. The first kappa shape index (κ1) is 16.3. The topological polar surface area (TPSA) is 60.2 Å². The first-order chi connectivity index (χ1) is 12.8. The number of rotatable bonds is 4. The molecule has 2 aromatic heterocycles. The SMILES string of the molecule is O=C(c1ccc(Oc2cccnc2)cc1)N1CCCC(n2cccn2)C1. The highest BCUT2D eigenvalue weighted by molar-refractivity contribution is 5.94. The van der Waals surface area contributed by atoms with Gasteiger partial charge < -0.3 is 9.64 Å². The maximum absolute atomic E-state index is 12.8. The van der Waals surface area contributed by atoms with E-state index in [0.29, 0.717) is 23.6 Å². The maximum atomic E-state index is 12.8. The Morgan fingerprint density at radius 3 is 2.69 bits per heavy atom. The largest absolute Gasteiger partial charge is 0.456 e. The lowest BCUT2D eigenvalue weighted by Gasteiger charge is -2.33. The van der Waals surface area contributed by atoms with E-state index in [0.717, 1.165) is 19.4 Å². The van der Waals surface area contributed by atoms with Crippen molar-refractivity contribution in [3.63, 3.8) is 0 Å². The van der Waals surface area contributed by atoms with Crippen molar-refractivity contribution < 1.29 is 9.53 Å². The summed E-state index contributed by atoms with van der Waals surface area (Å²) in [6.45, 7) is 1.47. The zero-order valence-corrected chi connectivity index (χ0v) is 14.4. The molecule has 1 atom stereocenters. The zero-order valence-electron chi connectivity index (χ0n) is 14.4. The summed E-state index contributed by atoms with van der Waals surface area (Å²) < 4.78 is 7.67. The minimum absolute atomic E-state index is 0.0507. The van der Waals surface area contributed by atoms with Gasteiger partial charge in [0.05, 0.1) is 12.2 Å². The fraction of sp³-hybridized carbons (Fsp3) is 0.250. The number of hydrogen-bond acceptors (Lipinski definition) is 4. The third-order valence-electron chi connectivity index (χ3n) is 4.55. The average molecular weight is 348 g/mol. The number of benzene rings is 1. The van der Waals surface area contributed by atoms with Crippen LogP contribution in [0.5, 0.6) is 11.5 Å². The molecule has 6 heteroatoms. The Bertz CT molecular complexity index is 847. The molecule has 0 bridgehead atoms. The number of carbonyl (C=O) groups is 1. The highest BCUT2D eigenvalue weighted by Crippen LogP contribution is 2.24. The lowest BCUT2D eigenvalue weighted by molar-refractivity contribution is 0.0673. The predicted molar refractivity (Wildman–Crippen MR) is 97.2 cm³/mol. The Morgan fingerprint density at radius 2 is 1.96 bits per heavy atom. The van der Waals surface area contributed by atoms with Crippen LogP contribution in [0.25, 0.3) is 0 Å². The maximum Gasteiger partial charge on any atom is 0.253 e. The van der Waals surface area contributed by atoms with E-state index in [9.17, 15) is 4.79 Å². The minimum Gasteiger partial charge on any atom is -0.456 e. The van der Waals surface area contributed by atoms with Gasteiger partial charge in [0.2, 0.25) is 0 Å². The monoisotopic (exact) mass is 348 g/mol. The second-order valence-electron chi connectivity index (χ2n) is 6.35. The van der Waals surface area contributed by atoms with Crippen LogP contribution in [0.4, 0.5) is 0 Å². The summed E-state index contributed by atoms with van der Waals surface area (Å²) in [6.07, 6.45) is 9.12. The fourth-order valence-electron chi connectivity index (χ4n) is 3.24. The lowest BCUT2D eigenvalue weighted by Crippen LogP contribution is -2.40. The first-order valence-electron chi connectivity index (χ1n) is 8.76. The number of amides is 1. The molecule has 0 saturated carbocycles. The summed E-state index contributed by atoms with van der Waals surface area (Å²) in [6, 6.07) is 13.1. The summed E-state index contributed by atoms with van der Waals surface area (Å²) in [7, 11) is 0. The van der Waals surface area contributed by atoms with E-state index in [4.69, 9.17) is 4.74 Å². The van der Waals surface area contributed by atoms with Gasteiger partial charge in [-0.3, -0.25) is 14.5 Å². The number of aromatic nitrogens is 3. The molecule has 26 heavy (non-hydrogen) atoms. The molecule has 0 aliphatic carbocycles. The van der Waals surface area contributed by atoms with Gasteiger partial charge in [0.25, 0.3) is 5.91 Å². The standard InChI is InChI=1S/C20H20N4O2/c25-20(23-12-2-4-17(15-23)24-13-3-11-22-24)16-6-8-18(9-7-16)26-19-5-1-10-21-14-19/h1,3,5-11,13-14,17H,2,4,12,15H2. The fourth-order valence-corrected chi connectivity index (χ4v) is 3.24.